The molecule has 28 heavy (non-hydrogen) atoms. The molecule has 0 bridgehead atoms. The van der Waals surface area contributed by atoms with Crippen molar-refractivity contribution in [2.75, 3.05) is 6.61 Å². The van der Waals surface area contributed by atoms with E-state index >= 15 is 0 Å². The minimum absolute atomic E-state index is 0.0610. The average Bonchev–Trinajstić information content (AvgIpc) is 3.11. The van der Waals surface area contributed by atoms with Crippen LogP contribution in [0.25, 0.3) is 21.3 Å². The highest BCUT2D eigenvalue weighted by Crippen LogP contribution is 2.37. The van der Waals surface area contributed by atoms with Gasteiger partial charge in [-0.05, 0) is 30.5 Å². The SMILES string of the molecule is CC(C)C(C)(C#N)NC(=O)COc1ncnc2scc(-c3ccc(F)cc3)c12. The van der Waals surface area contributed by atoms with Crippen molar-refractivity contribution in [2.45, 2.75) is 26.3 Å². The summed E-state index contributed by atoms with van der Waals surface area (Å²) in [6.45, 7) is 5.11. The van der Waals surface area contributed by atoms with Crippen molar-refractivity contribution in [1.29, 1.82) is 5.26 Å². The molecule has 1 aromatic carbocycles. The summed E-state index contributed by atoms with van der Waals surface area (Å²) >= 11 is 1.41. The molecule has 0 saturated heterocycles. The number of rotatable bonds is 6. The first-order valence-corrected chi connectivity index (χ1v) is 9.55. The van der Waals surface area contributed by atoms with Gasteiger partial charge in [0.25, 0.3) is 5.91 Å². The largest absolute Gasteiger partial charge is 0.467 e. The Hall–Kier alpha value is -3.05. The molecule has 3 rings (SSSR count). The number of carbonyl (C=O) groups excluding carboxylic acids is 1. The zero-order valence-electron chi connectivity index (χ0n) is 15.7. The minimum Gasteiger partial charge on any atom is -0.467 e. The smallest absolute Gasteiger partial charge is 0.259 e. The van der Waals surface area contributed by atoms with Crippen molar-refractivity contribution >= 4 is 27.5 Å². The van der Waals surface area contributed by atoms with Crippen molar-refractivity contribution in [3.63, 3.8) is 0 Å². The number of ether oxygens (including phenoxy) is 1. The number of nitrogens with one attached hydrogen (secondary N) is 1. The number of fused-ring (bicyclic) bond motifs is 1. The topological polar surface area (TPSA) is 87.9 Å². The molecule has 0 fully saturated rings. The van der Waals surface area contributed by atoms with Crippen LogP contribution in [0.3, 0.4) is 0 Å². The molecule has 0 aliphatic carbocycles. The van der Waals surface area contributed by atoms with Gasteiger partial charge in [0, 0.05) is 10.9 Å². The number of hydrogen-bond acceptors (Lipinski definition) is 6. The van der Waals surface area contributed by atoms with Gasteiger partial charge >= 0.3 is 0 Å². The van der Waals surface area contributed by atoms with Crippen LogP contribution in [0.1, 0.15) is 20.8 Å². The summed E-state index contributed by atoms with van der Waals surface area (Å²) in [4.78, 5) is 21.4. The highest BCUT2D eigenvalue weighted by molar-refractivity contribution is 7.17. The lowest BCUT2D eigenvalue weighted by atomic mass is 9.90. The number of nitrogens with zero attached hydrogens (tertiary/aromatic N) is 3. The van der Waals surface area contributed by atoms with Crippen LogP contribution >= 0.6 is 11.3 Å². The zero-order chi connectivity index (χ0) is 20.3. The molecule has 144 valence electrons. The predicted octanol–water partition coefficient (Wildman–Crippen LogP) is 3.93. The highest BCUT2D eigenvalue weighted by Gasteiger charge is 2.30. The number of aromatic nitrogens is 2. The number of hydrogen-bond donors (Lipinski definition) is 1. The second kappa shape index (κ2) is 7.90. The molecule has 0 saturated carbocycles. The summed E-state index contributed by atoms with van der Waals surface area (Å²) in [7, 11) is 0. The van der Waals surface area contributed by atoms with E-state index in [0.717, 1.165) is 11.1 Å². The standard InChI is InChI=1S/C20H19FN4O2S/c1-12(2)20(3,10-22)25-16(26)8-27-18-17-15(9-28-19(17)24-11-23-18)13-4-6-14(21)7-5-13/h4-7,9,11-12H,8H2,1-3H3,(H,25,26). The van der Waals surface area contributed by atoms with Crippen LogP contribution in [0, 0.1) is 23.1 Å². The molecule has 2 aromatic heterocycles. The molecule has 3 aromatic rings. The van der Waals surface area contributed by atoms with Gasteiger partial charge in [-0.25, -0.2) is 14.4 Å². The Balaban J connectivity index is 1.84. The van der Waals surface area contributed by atoms with E-state index in [2.05, 4.69) is 21.4 Å². The number of benzene rings is 1. The van der Waals surface area contributed by atoms with E-state index in [1.807, 2.05) is 19.2 Å². The molecule has 8 heteroatoms. The second-order valence-corrected chi connectivity index (χ2v) is 7.68. The maximum absolute atomic E-state index is 13.2. The fourth-order valence-corrected chi connectivity index (χ4v) is 3.47. The normalized spacial score (nSPS) is 13.1. The van der Waals surface area contributed by atoms with Crippen molar-refractivity contribution in [3.8, 4) is 23.1 Å². The lowest BCUT2D eigenvalue weighted by Crippen LogP contribution is -2.50. The Morgan fingerprint density at radius 1 is 1.36 bits per heavy atom. The molecule has 1 unspecified atom stereocenters. The van der Waals surface area contributed by atoms with E-state index in [0.29, 0.717) is 10.2 Å². The van der Waals surface area contributed by atoms with Crippen LogP contribution in [0.5, 0.6) is 5.88 Å². The van der Waals surface area contributed by atoms with Gasteiger partial charge in [-0.2, -0.15) is 5.26 Å². The number of amides is 1. The van der Waals surface area contributed by atoms with Crippen LogP contribution in [-0.2, 0) is 4.79 Å². The molecule has 0 aliphatic heterocycles. The van der Waals surface area contributed by atoms with Crippen LogP contribution in [0.4, 0.5) is 4.39 Å². The Morgan fingerprint density at radius 2 is 2.07 bits per heavy atom. The number of halogens is 1. The van der Waals surface area contributed by atoms with E-state index in [9.17, 15) is 14.4 Å². The van der Waals surface area contributed by atoms with Gasteiger partial charge in [0.05, 0.1) is 11.5 Å². The highest BCUT2D eigenvalue weighted by atomic mass is 32.1. The first-order valence-electron chi connectivity index (χ1n) is 8.67. The lowest BCUT2D eigenvalue weighted by molar-refractivity contribution is -0.124. The van der Waals surface area contributed by atoms with Gasteiger partial charge in [-0.15, -0.1) is 11.3 Å². The van der Waals surface area contributed by atoms with Gasteiger partial charge in [-0.3, -0.25) is 4.79 Å². The van der Waals surface area contributed by atoms with Crippen molar-refractivity contribution < 1.29 is 13.9 Å². The summed E-state index contributed by atoms with van der Waals surface area (Å²) in [5.41, 5.74) is 0.622. The molecule has 1 amide bonds. The molecule has 2 heterocycles. The third-order valence-corrected chi connectivity index (χ3v) is 5.50. The van der Waals surface area contributed by atoms with Crippen LogP contribution < -0.4 is 10.1 Å². The number of thiophene rings is 1. The Kier molecular flexibility index (Phi) is 5.56. The van der Waals surface area contributed by atoms with E-state index in [1.165, 1.54) is 29.8 Å². The summed E-state index contributed by atoms with van der Waals surface area (Å²) in [6.07, 6.45) is 1.37. The zero-order valence-corrected chi connectivity index (χ0v) is 16.5. The summed E-state index contributed by atoms with van der Waals surface area (Å²) < 4.78 is 18.9. The van der Waals surface area contributed by atoms with Gasteiger partial charge < -0.3 is 10.1 Å². The van der Waals surface area contributed by atoms with Crippen molar-refractivity contribution in [3.05, 3.63) is 41.8 Å². The summed E-state index contributed by atoms with van der Waals surface area (Å²) in [5.74, 6) is -0.528. The van der Waals surface area contributed by atoms with Crippen molar-refractivity contribution in [1.82, 2.24) is 15.3 Å². The lowest BCUT2D eigenvalue weighted by Gasteiger charge is -2.27. The summed E-state index contributed by atoms with van der Waals surface area (Å²) in [5, 5.41) is 14.6. The molecule has 0 spiro atoms. The molecular formula is C20H19FN4O2S. The van der Waals surface area contributed by atoms with E-state index in [-0.39, 0.29) is 24.2 Å². The van der Waals surface area contributed by atoms with Crippen LogP contribution in [0.2, 0.25) is 0 Å². The van der Waals surface area contributed by atoms with Gasteiger partial charge in [0.15, 0.2) is 6.61 Å². The van der Waals surface area contributed by atoms with E-state index < -0.39 is 11.4 Å². The fourth-order valence-electron chi connectivity index (χ4n) is 2.56. The van der Waals surface area contributed by atoms with E-state index in [1.54, 1.807) is 19.1 Å². The van der Waals surface area contributed by atoms with E-state index in [4.69, 9.17) is 4.74 Å². The summed E-state index contributed by atoms with van der Waals surface area (Å²) in [6, 6.07) is 8.22. The van der Waals surface area contributed by atoms with Crippen LogP contribution in [0.15, 0.2) is 36.0 Å². The molecule has 1 atom stereocenters. The van der Waals surface area contributed by atoms with Crippen LogP contribution in [-0.4, -0.2) is 28.0 Å². The second-order valence-electron chi connectivity index (χ2n) is 6.82. The van der Waals surface area contributed by atoms with Gasteiger partial charge in [0.2, 0.25) is 5.88 Å². The Bertz CT molecular complexity index is 1040. The molecule has 1 N–H and O–H groups in total. The first kappa shape index (κ1) is 19.7. The molecule has 6 nitrogen and oxygen atoms in total. The first-order chi connectivity index (χ1) is 13.3. The molecular weight excluding hydrogens is 379 g/mol. The van der Waals surface area contributed by atoms with Gasteiger partial charge in [0.1, 0.15) is 22.5 Å². The quantitative estimate of drug-likeness (QED) is 0.680. The number of nitriles is 1. The van der Waals surface area contributed by atoms with Gasteiger partial charge in [-0.1, -0.05) is 26.0 Å². The third-order valence-electron chi connectivity index (χ3n) is 4.62. The maximum atomic E-state index is 13.2. The predicted molar refractivity (Wildman–Crippen MR) is 105 cm³/mol. The number of carbonyl (C=O) groups is 1. The maximum Gasteiger partial charge on any atom is 0.259 e. The minimum atomic E-state index is -0.983. The Labute approximate surface area is 166 Å². The average molecular weight is 398 g/mol. The third kappa shape index (κ3) is 3.94. The van der Waals surface area contributed by atoms with Crippen molar-refractivity contribution in [2.24, 2.45) is 5.92 Å². The molecule has 0 aliphatic rings. The fraction of sp³-hybridized carbons (Fsp3) is 0.300. The Morgan fingerprint density at radius 3 is 2.71 bits per heavy atom. The monoisotopic (exact) mass is 398 g/mol. The molecule has 0 radical (unpaired) electrons.